The molecule has 0 spiro atoms. The molecule has 44 heavy (non-hydrogen) atoms. The molecule has 1 aliphatic rings. The van der Waals surface area contributed by atoms with Gasteiger partial charge in [-0.25, -0.2) is 9.79 Å². The van der Waals surface area contributed by atoms with Crippen molar-refractivity contribution in [2.75, 3.05) is 6.61 Å². The van der Waals surface area contributed by atoms with Crippen molar-refractivity contribution in [1.29, 1.82) is 0 Å². The van der Waals surface area contributed by atoms with Crippen molar-refractivity contribution in [1.82, 2.24) is 4.57 Å². The molecule has 0 saturated carbocycles. The van der Waals surface area contributed by atoms with Gasteiger partial charge < -0.3 is 9.47 Å². The molecule has 0 unspecified atom stereocenters. The Morgan fingerprint density at radius 2 is 1.84 bits per heavy atom. The zero-order valence-electron chi connectivity index (χ0n) is 23.1. The molecule has 0 saturated heterocycles. The van der Waals surface area contributed by atoms with Gasteiger partial charge in [0.1, 0.15) is 18.4 Å². The Kier molecular flexibility index (Phi) is 9.86. The maximum absolute atomic E-state index is 14.2. The van der Waals surface area contributed by atoms with Gasteiger partial charge in [0.25, 0.3) is 5.56 Å². The third-order valence-electron chi connectivity index (χ3n) is 6.81. The number of carbonyl (C=O) groups is 1. The van der Waals surface area contributed by atoms with E-state index < -0.39 is 12.0 Å². The van der Waals surface area contributed by atoms with Crippen LogP contribution in [-0.2, 0) is 16.1 Å². The van der Waals surface area contributed by atoms with E-state index in [1.807, 2.05) is 90.3 Å². The molecule has 0 radical (unpaired) electrons. The maximum Gasteiger partial charge on any atom is 0.338 e. The van der Waals surface area contributed by atoms with E-state index in [4.69, 9.17) is 14.5 Å². The number of fused-ring (bicyclic) bond motifs is 1. The predicted molar refractivity (Wildman–Crippen MR) is 196 cm³/mol. The molecule has 5 aromatic rings. The highest BCUT2D eigenvalue weighted by Gasteiger charge is 2.35. The summed E-state index contributed by atoms with van der Waals surface area (Å²) in [5, 5.41) is 1.94. The van der Waals surface area contributed by atoms with Gasteiger partial charge in [-0.15, -0.1) is 11.3 Å². The first-order valence-corrected chi connectivity index (χ1v) is 18.2. The minimum Gasteiger partial charge on any atom is -0.487 e. The van der Waals surface area contributed by atoms with E-state index in [-0.39, 0.29) is 12.2 Å². The van der Waals surface area contributed by atoms with Crippen molar-refractivity contribution in [3.63, 3.8) is 0 Å². The van der Waals surface area contributed by atoms with Gasteiger partial charge in [0.2, 0.25) is 0 Å². The molecule has 0 fully saturated rings. The molecule has 3 heterocycles. The van der Waals surface area contributed by atoms with E-state index >= 15 is 0 Å². The van der Waals surface area contributed by atoms with Crippen LogP contribution < -0.4 is 19.6 Å². The summed E-state index contributed by atoms with van der Waals surface area (Å²) < 4.78 is 17.0. The summed E-state index contributed by atoms with van der Waals surface area (Å²) in [4.78, 5) is 34.1. The van der Waals surface area contributed by atoms with Gasteiger partial charge in [0.15, 0.2) is 4.80 Å². The van der Waals surface area contributed by atoms with Crippen LogP contribution in [0.15, 0.2) is 104 Å². The number of esters is 1. The number of hydrogen-bond acceptors (Lipinski definition) is 7. The van der Waals surface area contributed by atoms with Crippen LogP contribution in [0.1, 0.15) is 34.5 Å². The largest absolute Gasteiger partial charge is 0.487 e. The number of aromatic nitrogens is 1. The molecule has 0 bridgehead atoms. The zero-order valence-corrected chi connectivity index (χ0v) is 30.7. The fraction of sp³-hybridized carbons (Fsp3) is 0.121. The van der Waals surface area contributed by atoms with E-state index in [9.17, 15) is 9.59 Å². The molecule has 1 aliphatic heterocycles. The fourth-order valence-corrected chi connectivity index (χ4v) is 9.00. The lowest BCUT2D eigenvalue weighted by molar-refractivity contribution is -0.138. The Morgan fingerprint density at radius 1 is 1.07 bits per heavy atom. The van der Waals surface area contributed by atoms with Crippen LogP contribution in [0.5, 0.6) is 5.75 Å². The Balaban J connectivity index is 1.53. The lowest BCUT2D eigenvalue weighted by Gasteiger charge is -2.24. The standard InChI is InChI=1S/C33H23BrI2N2O4S2/c1-2-41-32(40)27-28(20-7-4-3-5-8-20)37-33-38(29(27)25-9-6-14-43-25)31(39)26(44-33)16-21-15-23(35)17-24(36)30(21)42-18-19-10-12-22(34)13-11-19/h3-17,29H,2,18H2,1H3/b26-16-/t29-/m1/s1. The van der Waals surface area contributed by atoms with Crippen molar-refractivity contribution in [2.24, 2.45) is 4.99 Å². The van der Waals surface area contributed by atoms with Crippen molar-refractivity contribution in [2.45, 2.75) is 19.6 Å². The number of carbonyl (C=O) groups excluding carboxylic acids is 1. The number of rotatable bonds is 8. The van der Waals surface area contributed by atoms with Crippen LogP contribution in [0.3, 0.4) is 0 Å². The summed E-state index contributed by atoms with van der Waals surface area (Å²) >= 11 is 10.8. The molecular formula is C33H23BrI2N2O4S2. The second-order valence-electron chi connectivity index (χ2n) is 9.67. The van der Waals surface area contributed by atoms with E-state index in [1.54, 1.807) is 11.5 Å². The number of thiazole rings is 1. The van der Waals surface area contributed by atoms with Crippen LogP contribution in [0.2, 0.25) is 0 Å². The third kappa shape index (κ3) is 6.52. The molecule has 0 N–H and O–H groups in total. The number of halogens is 3. The summed E-state index contributed by atoms with van der Waals surface area (Å²) in [5.74, 6) is 0.213. The van der Waals surface area contributed by atoms with Crippen LogP contribution in [-0.4, -0.2) is 17.1 Å². The minimum absolute atomic E-state index is 0.209. The van der Waals surface area contributed by atoms with Gasteiger partial charge >= 0.3 is 5.97 Å². The minimum atomic E-state index is -0.674. The Bertz CT molecular complexity index is 2060. The highest BCUT2D eigenvalue weighted by atomic mass is 127. The van der Waals surface area contributed by atoms with Gasteiger partial charge in [-0.3, -0.25) is 9.36 Å². The van der Waals surface area contributed by atoms with Crippen LogP contribution in [0, 0.1) is 7.14 Å². The first-order valence-electron chi connectivity index (χ1n) is 13.5. The van der Waals surface area contributed by atoms with Crippen LogP contribution in [0.4, 0.5) is 0 Å². The number of benzene rings is 3. The molecular weight excluding hydrogens is 886 g/mol. The van der Waals surface area contributed by atoms with Crippen molar-refractivity contribution >= 4 is 102 Å². The SMILES string of the molecule is CCOC(=O)C1=C(c2ccccc2)N=c2s/c(=C\c3cc(I)cc(I)c3OCc3ccc(Br)cc3)c(=O)n2[C@@H]1c1cccs1. The lowest BCUT2D eigenvalue weighted by atomic mass is 9.97. The maximum atomic E-state index is 14.2. The molecule has 2 aromatic heterocycles. The van der Waals surface area contributed by atoms with Crippen LogP contribution >= 0.6 is 83.8 Å². The zero-order chi connectivity index (χ0) is 30.8. The van der Waals surface area contributed by atoms with E-state index in [0.717, 1.165) is 33.2 Å². The smallest absolute Gasteiger partial charge is 0.338 e. The van der Waals surface area contributed by atoms with Gasteiger partial charge in [0, 0.05) is 24.0 Å². The molecule has 11 heteroatoms. The quantitative estimate of drug-likeness (QED) is 0.119. The summed E-state index contributed by atoms with van der Waals surface area (Å²) in [5.41, 5.74) is 3.24. The third-order valence-corrected chi connectivity index (χ3v) is 10.7. The Morgan fingerprint density at radius 3 is 2.55 bits per heavy atom. The van der Waals surface area contributed by atoms with Crippen LogP contribution in [0.25, 0.3) is 11.8 Å². The van der Waals surface area contributed by atoms with E-state index in [1.165, 1.54) is 22.7 Å². The molecule has 6 nitrogen and oxygen atoms in total. The van der Waals surface area contributed by atoms with Crippen molar-refractivity contribution in [3.8, 4) is 5.75 Å². The average Bonchev–Trinajstić information content (AvgIpc) is 3.65. The van der Waals surface area contributed by atoms with Gasteiger partial charge in [-0.1, -0.05) is 75.8 Å². The van der Waals surface area contributed by atoms with Crippen molar-refractivity contribution < 1.29 is 14.3 Å². The molecule has 1 atom stereocenters. The summed E-state index contributed by atoms with van der Waals surface area (Å²) in [6.45, 7) is 2.36. The van der Waals surface area contributed by atoms with Gasteiger partial charge in [0.05, 0.1) is 26.0 Å². The molecule has 222 valence electrons. The Hall–Kier alpha value is -2.59. The average molecular weight is 909 g/mol. The van der Waals surface area contributed by atoms with Gasteiger partial charge in [-0.05, 0) is 99.5 Å². The first-order chi connectivity index (χ1) is 21.3. The van der Waals surface area contributed by atoms with Crippen molar-refractivity contribution in [3.05, 3.63) is 143 Å². The molecule has 6 rings (SSSR count). The number of thiophene rings is 1. The fourth-order valence-electron chi connectivity index (χ4n) is 4.87. The van der Waals surface area contributed by atoms with Gasteiger partial charge in [-0.2, -0.15) is 0 Å². The molecule has 0 aliphatic carbocycles. The number of hydrogen-bond donors (Lipinski definition) is 0. The van der Waals surface area contributed by atoms with E-state index in [0.29, 0.717) is 33.0 Å². The van der Waals surface area contributed by atoms with E-state index in [2.05, 4.69) is 61.1 Å². The second-order valence-corrected chi connectivity index (χ2v) is 15.0. The summed E-state index contributed by atoms with van der Waals surface area (Å²) in [6, 6.07) is 24.8. The first kappa shape index (κ1) is 31.4. The Labute approximate surface area is 297 Å². The summed E-state index contributed by atoms with van der Waals surface area (Å²) in [6.07, 6.45) is 1.87. The lowest BCUT2D eigenvalue weighted by Crippen LogP contribution is -2.39. The summed E-state index contributed by atoms with van der Waals surface area (Å²) in [7, 11) is 0. The molecule has 0 amide bonds. The topological polar surface area (TPSA) is 69.9 Å². The number of nitrogens with zero attached hydrogens (tertiary/aromatic N) is 2. The highest BCUT2D eigenvalue weighted by molar-refractivity contribution is 14.1. The molecule has 3 aromatic carbocycles. The highest BCUT2D eigenvalue weighted by Crippen LogP contribution is 2.37. The second kappa shape index (κ2) is 13.8. The monoisotopic (exact) mass is 908 g/mol. The predicted octanol–water partition coefficient (Wildman–Crippen LogP) is 7.55. The number of ether oxygens (including phenoxy) is 2. The normalized spacial score (nSPS) is 14.7.